The Morgan fingerprint density at radius 2 is 1.79 bits per heavy atom. The molecule has 19 heavy (non-hydrogen) atoms. The fraction of sp³-hybridized carbons (Fsp3) is 0.625. The van der Waals surface area contributed by atoms with Crippen molar-refractivity contribution in [2.75, 3.05) is 37.6 Å². The van der Waals surface area contributed by atoms with E-state index in [-0.39, 0.29) is 5.54 Å². The minimum Gasteiger partial charge on any atom is -0.369 e. The van der Waals surface area contributed by atoms with Crippen molar-refractivity contribution in [3.05, 3.63) is 29.3 Å². The lowest BCUT2D eigenvalue weighted by Crippen LogP contribution is -2.50. The van der Waals surface area contributed by atoms with Gasteiger partial charge in [-0.05, 0) is 43.9 Å². The van der Waals surface area contributed by atoms with Gasteiger partial charge >= 0.3 is 0 Å². The van der Waals surface area contributed by atoms with Crippen LogP contribution in [0.1, 0.15) is 24.0 Å². The third-order valence-corrected chi connectivity index (χ3v) is 4.51. The molecule has 0 aromatic heterocycles. The van der Waals surface area contributed by atoms with Crippen molar-refractivity contribution in [3.8, 4) is 0 Å². The van der Waals surface area contributed by atoms with E-state index in [0.29, 0.717) is 0 Å². The molecule has 2 aliphatic rings. The first-order chi connectivity index (χ1) is 9.06. The number of benzene rings is 1. The van der Waals surface area contributed by atoms with Crippen LogP contribution in [0.4, 0.5) is 5.69 Å². The van der Waals surface area contributed by atoms with Crippen LogP contribution in [-0.4, -0.2) is 43.2 Å². The van der Waals surface area contributed by atoms with Crippen molar-refractivity contribution in [3.63, 3.8) is 0 Å². The largest absolute Gasteiger partial charge is 0.369 e. The molecule has 1 aliphatic heterocycles. The number of piperazine rings is 1. The highest BCUT2D eigenvalue weighted by atomic mass is 15.3. The molecule has 1 aliphatic carbocycles. The molecule has 3 rings (SSSR count). The Bertz CT molecular complexity index is 457. The second-order valence-corrected chi connectivity index (χ2v) is 6.42. The maximum Gasteiger partial charge on any atom is 0.0399 e. The number of nitrogens with zero attached hydrogens (tertiary/aromatic N) is 2. The Balaban J connectivity index is 1.61. The van der Waals surface area contributed by atoms with E-state index in [4.69, 9.17) is 5.73 Å². The summed E-state index contributed by atoms with van der Waals surface area (Å²) in [4.78, 5) is 5.06. The van der Waals surface area contributed by atoms with Crippen molar-refractivity contribution < 1.29 is 0 Å². The Morgan fingerprint density at radius 1 is 1.11 bits per heavy atom. The van der Waals surface area contributed by atoms with Crippen LogP contribution >= 0.6 is 0 Å². The summed E-state index contributed by atoms with van der Waals surface area (Å²) in [5, 5.41) is 0. The summed E-state index contributed by atoms with van der Waals surface area (Å²) in [5.74, 6) is 0. The van der Waals surface area contributed by atoms with Crippen LogP contribution < -0.4 is 10.6 Å². The van der Waals surface area contributed by atoms with E-state index in [1.54, 1.807) is 0 Å². The van der Waals surface area contributed by atoms with Gasteiger partial charge in [-0.2, -0.15) is 0 Å². The van der Waals surface area contributed by atoms with Gasteiger partial charge in [-0.25, -0.2) is 0 Å². The molecular formula is C16H25N3. The third kappa shape index (κ3) is 2.93. The normalized spacial score (nSPS) is 22.6. The molecule has 3 heteroatoms. The van der Waals surface area contributed by atoms with Crippen LogP contribution in [0.15, 0.2) is 18.2 Å². The predicted molar refractivity (Wildman–Crippen MR) is 80.7 cm³/mol. The van der Waals surface area contributed by atoms with Crippen molar-refractivity contribution in [1.29, 1.82) is 0 Å². The average Bonchev–Trinajstić information content (AvgIpc) is 3.11. The van der Waals surface area contributed by atoms with Crippen LogP contribution in [0.5, 0.6) is 0 Å². The number of nitrogens with two attached hydrogens (primary N) is 1. The first-order valence-corrected chi connectivity index (χ1v) is 7.39. The van der Waals surface area contributed by atoms with Gasteiger partial charge in [0.2, 0.25) is 0 Å². The van der Waals surface area contributed by atoms with E-state index >= 15 is 0 Å². The minimum atomic E-state index is 0.154. The van der Waals surface area contributed by atoms with Gasteiger partial charge in [0.25, 0.3) is 0 Å². The molecule has 0 spiro atoms. The van der Waals surface area contributed by atoms with Crippen LogP contribution in [0.25, 0.3) is 0 Å². The van der Waals surface area contributed by atoms with E-state index in [0.717, 1.165) is 32.7 Å². The average molecular weight is 259 g/mol. The number of hydrogen-bond donors (Lipinski definition) is 1. The van der Waals surface area contributed by atoms with E-state index in [1.165, 1.54) is 29.7 Å². The van der Waals surface area contributed by atoms with Crippen LogP contribution in [0, 0.1) is 13.8 Å². The second-order valence-electron chi connectivity index (χ2n) is 6.42. The molecule has 0 radical (unpaired) electrons. The summed E-state index contributed by atoms with van der Waals surface area (Å²) in [7, 11) is 0. The molecule has 1 saturated heterocycles. The number of rotatable bonds is 3. The highest BCUT2D eigenvalue weighted by molar-refractivity contribution is 5.55. The number of aryl methyl sites for hydroxylation is 2. The maximum atomic E-state index is 6.21. The van der Waals surface area contributed by atoms with E-state index in [1.807, 2.05) is 0 Å². The van der Waals surface area contributed by atoms with Crippen LogP contribution in [-0.2, 0) is 0 Å². The van der Waals surface area contributed by atoms with Crippen LogP contribution in [0.2, 0.25) is 0 Å². The van der Waals surface area contributed by atoms with Crippen molar-refractivity contribution in [1.82, 2.24) is 4.90 Å². The van der Waals surface area contributed by atoms with Gasteiger partial charge in [-0.3, -0.25) is 4.90 Å². The first kappa shape index (κ1) is 12.9. The molecule has 3 nitrogen and oxygen atoms in total. The Morgan fingerprint density at radius 3 is 2.42 bits per heavy atom. The van der Waals surface area contributed by atoms with Gasteiger partial charge in [-0.1, -0.05) is 12.1 Å². The molecule has 1 aromatic rings. The van der Waals surface area contributed by atoms with Crippen molar-refractivity contribution >= 4 is 5.69 Å². The zero-order valence-corrected chi connectivity index (χ0v) is 12.2. The van der Waals surface area contributed by atoms with Gasteiger partial charge in [0, 0.05) is 44.0 Å². The molecule has 2 fully saturated rings. The highest BCUT2D eigenvalue weighted by Crippen LogP contribution is 2.33. The lowest BCUT2D eigenvalue weighted by atomic mass is 10.1. The van der Waals surface area contributed by atoms with E-state index < -0.39 is 0 Å². The molecule has 0 unspecified atom stereocenters. The smallest absolute Gasteiger partial charge is 0.0399 e. The lowest BCUT2D eigenvalue weighted by molar-refractivity contribution is 0.236. The predicted octanol–water partition coefficient (Wildman–Crippen LogP) is 1.92. The summed E-state index contributed by atoms with van der Waals surface area (Å²) in [6.45, 7) is 10.0. The Kier molecular flexibility index (Phi) is 3.27. The van der Waals surface area contributed by atoms with E-state index in [9.17, 15) is 0 Å². The van der Waals surface area contributed by atoms with E-state index in [2.05, 4.69) is 41.8 Å². The summed E-state index contributed by atoms with van der Waals surface area (Å²) < 4.78 is 0. The van der Waals surface area contributed by atoms with Gasteiger partial charge in [-0.15, -0.1) is 0 Å². The monoisotopic (exact) mass is 259 g/mol. The molecule has 0 bridgehead atoms. The maximum absolute atomic E-state index is 6.21. The molecule has 1 aromatic carbocycles. The zero-order chi connectivity index (χ0) is 13.5. The Hall–Kier alpha value is -1.06. The number of hydrogen-bond acceptors (Lipinski definition) is 3. The summed E-state index contributed by atoms with van der Waals surface area (Å²) in [6.07, 6.45) is 2.43. The molecular weight excluding hydrogens is 234 g/mol. The lowest BCUT2D eigenvalue weighted by Gasteiger charge is -2.38. The molecule has 1 heterocycles. The SMILES string of the molecule is Cc1ccc(C)c(N2CCN(CC3(N)CC3)CC2)c1. The third-order valence-electron chi connectivity index (χ3n) is 4.51. The molecule has 104 valence electrons. The Labute approximate surface area is 116 Å². The number of anilines is 1. The first-order valence-electron chi connectivity index (χ1n) is 7.39. The van der Waals surface area contributed by atoms with Crippen molar-refractivity contribution in [2.45, 2.75) is 32.2 Å². The molecule has 2 N–H and O–H groups in total. The minimum absolute atomic E-state index is 0.154. The van der Waals surface area contributed by atoms with Gasteiger partial charge in [0.15, 0.2) is 0 Å². The molecule has 0 atom stereocenters. The quantitative estimate of drug-likeness (QED) is 0.900. The fourth-order valence-electron chi connectivity index (χ4n) is 2.97. The summed E-state index contributed by atoms with van der Waals surface area (Å²) in [5.41, 5.74) is 10.5. The van der Waals surface area contributed by atoms with Crippen molar-refractivity contribution in [2.24, 2.45) is 5.73 Å². The molecule has 1 saturated carbocycles. The molecule has 0 amide bonds. The topological polar surface area (TPSA) is 32.5 Å². The van der Waals surface area contributed by atoms with Gasteiger partial charge in [0.1, 0.15) is 0 Å². The van der Waals surface area contributed by atoms with Crippen LogP contribution in [0.3, 0.4) is 0 Å². The standard InChI is InChI=1S/C16H25N3/c1-13-3-4-14(2)15(11-13)19-9-7-18(8-10-19)12-16(17)5-6-16/h3-4,11H,5-10,12,17H2,1-2H3. The summed E-state index contributed by atoms with van der Waals surface area (Å²) >= 11 is 0. The van der Waals surface area contributed by atoms with Gasteiger partial charge in [0.05, 0.1) is 0 Å². The highest BCUT2D eigenvalue weighted by Gasteiger charge is 2.40. The summed E-state index contributed by atoms with van der Waals surface area (Å²) in [6, 6.07) is 6.74. The van der Waals surface area contributed by atoms with Gasteiger partial charge < -0.3 is 10.6 Å². The fourth-order valence-corrected chi connectivity index (χ4v) is 2.97. The zero-order valence-electron chi connectivity index (χ0n) is 12.2. The second kappa shape index (κ2) is 4.80.